The molecule has 0 radical (unpaired) electrons. The van der Waals surface area contributed by atoms with E-state index in [9.17, 15) is 4.79 Å². The molecule has 0 saturated carbocycles. The Kier molecular flexibility index (Phi) is 3.86. The molecule has 0 bridgehead atoms. The molecule has 24 heavy (non-hydrogen) atoms. The summed E-state index contributed by atoms with van der Waals surface area (Å²) in [6.45, 7) is 4.99. The van der Waals surface area contributed by atoms with Crippen LogP contribution >= 0.6 is 22.7 Å². The van der Waals surface area contributed by atoms with Gasteiger partial charge in [0.05, 0.1) is 16.8 Å². The van der Waals surface area contributed by atoms with Crippen LogP contribution < -0.4 is 11.1 Å². The number of hydrogen-bond acceptors (Lipinski definition) is 6. The maximum absolute atomic E-state index is 11.8. The Labute approximate surface area is 147 Å². The number of amides is 1. The standard InChI is InChI=1S/C17H18N4OS2/c1-8(16(18)22)14-13(10-3-6-20-9(2)15(10)24-14)17-21-11-7-19-5-4-12(11)23-17/h4-5,7-9,20H,3,6H2,1-2H3,(H2,18,22)/t8?,9-/m1/s1. The van der Waals surface area contributed by atoms with Crippen molar-refractivity contribution in [2.75, 3.05) is 6.54 Å². The van der Waals surface area contributed by atoms with Crippen LogP contribution in [0.1, 0.15) is 41.1 Å². The predicted octanol–water partition coefficient (Wildman–Crippen LogP) is 3.22. The minimum absolute atomic E-state index is 0.293. The molecule has 0 aliphatic carbocycles. The van der Waals surface area contributed by atoms with E-state index in [0.29, 0.717) is 6.04 Å². The van der Waals surface area contributed by atoms with Crippen molar-refractivity contribution in [1.29, 1.82) is 0 Å². The molecule has 0 aromatic carbocycles. The SMILES string of the molecule is CC(C(N)=O)c1sc2c(c1-c1nc3cnccc3s1)CCN[C@@H]2C. The third-order valence-electron chi connectivity index (χ3n) is 4.51. The molecule has 0 spiro atoms. The number of thiophene rings is 1. The highest BCUT2D eigenvalue weighted by molar-refractivity contribution is 7.22. The van der Waals surface area contributed by atoms with E-state index in [2.05, 4.69) is 17.2 Å². The van der Waals surface area contributed by atoms with Crippen LogP contribution in [0, 0.1) is 0 Å². The van der Waals surface area contributed by atoms with Crippen molar-refractivity contribution in [3.05, 3.63) is 33.8 Å². The molecule has 1 unspecified atom stereocenters. The Hall–Kier alpha value is -1.83. The first kappa shape index (κ1) is 15.7. The Morgan fingerprint density at radius 3 is 3.04 bits per heavy atom. The second-order valence-corrected chi connectivity index (χ2v) is 8.21. The van der Waals surface area contributed by atoms with Gasteiger partial charge < -0.3 is 11.1 Å². The molecule has 3 aromatic heterocycles. The number of primary amides is 1. The van der Waals surface area contributed by atoms with Gasteiger partial charge in [0, 0.05) is 27.6 Å². The Balaban J connectivity index is 1.96. The number of rotatable bonds is 3. The first-order valence-electron chi connectivity index (χ1n) is 7.95. The van der Waals surface area contributed by atoms with Gasteiger partial charge in [-0.2, -0.15) is 0 Å². The van der Waals surface area contributed by atoms with Crippen LogP contribution in [0.4, 0.5) is 0 Å². The fourth-order valence-corrected chi connectivity index (χ4v) is 5.69. The Morgan fingerprint density at radius 2 is 2.29 bits per heavy atom. The molecule has 3 aromatic rings. The number of nitrogens with two attached hydrogens (primary N) is 1. The second-order valence-electron chi connectivity index (χ2n) is 6.10. The van der Waals surface area contributed by atoms with E-state index in [1.807, 2.05) is 13.0 Å². The second kappa shape index (κ2) is 5.91. The highest BCUT2D eigenvalue weighted by atomic mass is 32.1. The zero-order valence-electron chi connectivity index (χ0n) is 13.5. The van der Waals surface area contributed by atoms with E-state index in [1.54, 1.807) is 35.1 Å². The molecule has 4 heterocycles. The number of carbonyl (C=O) groups excluding carboxylic acids is 1. The third-order valence-corrected chi connectivity index (χ3v) is 7.16. The molecule has 124 valence electrons. The number of carbonyl (C=O) groups is 1. The largest absolute Gasteiger partial charge is 0.369 e. The maximum atomic E-state index is 11.8. The average Bonchev–Trinajstić information content (AvgIpc) is 3.15. The fraction of sp³-hybridized carbons (Fsp3) is 0.353. The van der Waals surface area contributed by atoms with E-state index in [1.165, 1.54) is 10.4 Å². The van der Waals surface area contributed by atoms with Crippen LogP contribution in [-0.2, 0) is 11.2 Å². The molecule has 4 rings (SSSR count). The zero-order chi connectivity index (χ0) is 16.8. The van der Waals surface area contributed by atoms with E-state index in [-0.39, 0.29) is 11.8 Å². The normalized spacial score (nSPS) is 18.5. The van der Waals surface area contributed by atoms with Gasteiger partial charge in [0.1, 0.15) is 10.5 Å². The van der Waals surface area contributed by atoms with E-state index >= 15 is 0 Å². The average molecular weight is 358 g/mol. The topological polar surface area (TPSA) is 80.9 Å². The molecule has 0 saturated heterocycles. The smallest absolute Gasteiger partial charge is 0.225 e. The lowest BCUT2D eigenvalue weighted by Gasteiger charge is -2.20. The molecule has 0 fully saturated rings. The van der Waals surface area contributed by atoms with Crippen molar-refractivity contribution in [3.63, 3.8) is 0 Å². The van der Waals surface area contributed by atoms with Crippen molar-refractivity contribution in [2.24, 2.45) is 5.73 Å². The monoisotopic (exact) mass is 358 g/mol. The summed E-state index contributed by atoms with van der Waals surface area (Å²) >= 11 is 3.35. The van der Waals surface area contributed by atoms with Crippen LogP contribution in [-0.4, -0.2) is 22.4 Å². The fourth-order valence-electron chi connectivity index (χ4n) is 3.16. The number of nitrogens with one attached hydrogen (secondary N) is 1. The minimum atomic E-state index is -0.312. The lowest BCUT2D eigenvalue weighted by atomic mass is 9.96. The van der Waals surface area contributed by atoms with Crippen molar-refractivity contribution in [3.8, 4) is 10.6 Å². The lowest BCUT2D eigenvalue weighted by molar-refractivity contribution is -0.119. The summed E-state index contributed by atoms with van der Waals surface area (Å²) in [5.41, 5.74) is 8.95. The summed E-state index contributed by atoms with van der Waals surface area (Å²) < 4.78 is 1.11. The summed E-state index contributed by atoms with van der Waals surface area (Å²) in [6.07, 6.45) is 4.52. The van der Waals surface area contributed by atoms with Gasteiger partial charge in [-0.3, -0.25) is 9.78 Å². The molecule has 1 aliphatic heterocycles. The van der Waals surface area contributed by atoms with Gasteiger partial charge in [-0.15, -0.1) is 22.7 Å². The molecule has 2 atom stereocenters. The first-order chi connectivity index (χ1) is 11.6. The van der Waals surface area contributed by atoms with Crippen molar-refractivity contribution in [1.82, 2.24) is 15.3 Å². The molecule has 5 nitrogen and oxygen atoms in total. The van der Waals surface area contributed by atoms with Crippen molar-refractivity contribution < 1.29 is 4.79 Å². The predicted molar refractivity (Wildman–Crippen MR) is 98.5 cm³/mol. The first-order valence-corrected chi connectivity index (χ1v) is 9.58. The molecule has 1 aliphatic rings. The number of nitrogens with zero attached hydrogens (tertiary/aromatic N) is 2. The van der Waals surface area contributed by atoms with Crippen LogP contribution in [0.25, 0.3) is 20.8 Å². The van der Waals surface area contributed by atoms with E-state index in [0.717, 1.165) is 38.6 Å². The van der Waals surface area contributed by atoms with Gasteiger partial charge in [-0.1, -0.05) is 0 Å². The van der Waals surface area contributed by atoms with Crippen LogP contribution in [0.2, 0.25) is 0 Å². The van der Waals surface area contributed by atoms with E-state index in [4.69, 9.17) is 10.7 Å². The highest BCUT2D eigenvalue weighted by Crippen LogP contribution is 2.46. The van der Waals surface area contributed by atoms with Crippen molar-refractivity contribution >= 4 is 38.8 Å². The maximum Gasteiger partial charge on any atom is 0.225 e. The van der Waals surface area contributed by atoms with Gasteiger partial charge in [0.15, 0.2) is 0 Å². The van der Waals surface area contributed by atoms with Gasteiger partial charge in [0.2, 0.25) is 5.91 Å². The molecule has 7 heteroatoms. The number of fused-ring (bicyclic) bond motifs is 2. The summed E-state index contributed by atoms with van der Waals surface area (Å²) in [7, 11) is 0. The third kappa shape index (κ3) is 2.44. The number of hydrogen-bond donors (Lipinski definition) is 2. The summed E-state index contributed by atoms with van der Waals surface area (Å²) in [5, 5.41) is 4.46. The number of aromatic nitrogens is 2. The number of thiazole rings is 1. The quantitative estimate of drug-likeness (QED) is 0.753. The van der Waals surface area contributed by atoms with Gasteiger partial charge in [0.25, 0.3) is 0 Å². The van der Waals surface area contributed by atoms with Crippen LogP contribution in [0.5, 0.6) is 0 Å². The highest BCUT2D eigenvalue weighted by Gasteiger charge is 2.30. The molecular weight excluding hydrogens is 340 g/mol. The Morgan fingerprint density at radius 1 is 1.46 bits per heavy atom. The van der Waals surface area contributed by atoms with E-state index < -0.39 is 0 Å². The summed E-state index contributed by atoms with van der Waals surface area (Å²) in [5.74, 6) is -0.605. The van der Waals surface area contributed by atoms with Gasteiger partial charge in [-0.25, -0.2) is 4.98 Å². The molecular formula is C17H18N4OS2. The van der Waals surface area contributed by atoms with Crippen LogP contribution in [0.15, 0.2) is 18.5 Å². The lowest BCUT2D eigenvalue weighted by Crippen LogP contribution is -2.26. The summed E-state index contributed by atoms with van der Waals surface area (Å²) in [6, 6.07) is 2.28. The van der Waals surface area contributed by atoms with Crippen molar-refractivity contribution in [2.45, 2.75) is 32.2 Å². The zero-order valence-corrected chi connectivity index (χ0v) is 15.1. The molecule has 3 N–H and O–H groups in total. The van der Waals surface area contributed by atoms with Gasteiger partial charge in [-0.05, 0) is 38.4 Å². The van der Waals surface area contributed by atoms with Gasteiger partial charge >= 0.3 is 0 Å². The minimum Gasteiger partial charge on any atom is -0.369 e. The summed E-state index contributed by atoms with van der Waals surface area (Å²) in [4.78, 5) is 23.1. The Bertz CT molecular complexity index is 897. The number of pyridine rings is 1. The molecule has 1 amide bonds. The van der Waals surface area contributed by atoms with Crippen LogP contribution in [0.3, 0.4) is 0 Å².